The lowest BCUT2D eigenvalue weighted by Gasteiger charge is -2.02. The maximum absolute atomic E-state index is 5.51. The Hall–Kier alpha value is -2.18. The summed E-state index contributed by atoms with van der Waals surface area (Å²) in [4.78, 5) is 12.1. The number of hydrogen-bond donors (Lipinski definition) is 2. The summed E-state index contributed by atoms with van der Waals surface area (Å²) in [5.74, 6) is 2.16. The van der Waals surface area contributed by atoms with Crippen molar-refractivity contribution in [2.24, 2.45) is 0 Å². The smallest absolute Gasteiger partial charge is 0.224 e. The summed E-state index contributed by atoms with van der Waals surface area (Å²) in [5, 5.41) is 6.79. The van der Waals surface area contributed by atoms with Gasteiger partial charge in [-0.15, -0.1) is 0 Å². The molecule has 0 bridgehead atoms. The standard InChI is InChI=1S/C9H12N6O/c1-6-13-8(15-16-6)3-5-12-9-11-4-2-7(10)14-9/h2,4H,3,5H2,1H3,(H3,10,11,12,14). The Bertz CT molecular complexity index is 469. The normalized spacial score (nSPS) is 10.3. The van der Waals surface area contributed by atoms with Gasteiger partial charge in [0.05, 0.1) is 0 Å². The van der Waals surface area contributed by atoms with E-state index in [0.717, 1.165) is 0 Å². The largest absolute Gasteiger partial charge is 0.384 e. The number of nitrogens with zero attached hydrogens (tertiary/aromatic N) is 4. The number of nitrogens with one attached hydrogen (secondary N) is 1. The molecule has 0 aliphatic rings. The molecule has 2 aromatic rings. The molecule has 2 rings (SSSR count). The van der Waals surface area contributed by atoms with E-state index in [0.29, 0.717) is 36.4 Å². The molecule has 0 aliphatic heterocycles. The molecule has 2 heterocycles. The highest BCUT2D eigenvalue weighted by Crippen LogP contribution is 2.01. The zero-order valence-electron chi connectivity index (χ0n) is 8.84. The highest BCUT2D eigenvalue weighted by atomic mass is 16.5. The molecule has 84 valence electrons. The predicted molar refractivity (Wildman–Crippen MR) is 57.7 cm³/mol. The van der Waals surface area contributed by atoms with Gasteiger partial charge in [0.25, 0.3) is 0 Å². The first-order valence-electron chi connectivity index (χ1n) is 4.85. The van der Waals surface area contributed by atoms with Gasteiger partial charge in [-0.3, -0.25) is 0 Å². The van der Waals surface area contributed by atoms with Gasteiger partial charge < -0.3 is 15.6 Å². The van der Waals surface area contributed by atoms with Crippen molar-refractivity contribution in [2.75, 3.05) is 17.6 Å². The third-order valence-corrected chi connectivity index (χ3v) is 1.88. The molecule has 0 spiro atoms. The third-order valence-electron chi connectivity index (χ3n) is 1.88. The quantitative estimate of drug-likeness (QED) is 0.768. The number of aromatic nitrogens is 4. The fourth-order valence-electron chi connectivity index (χ4n) is 1.19. The second kappa shape index (κ2) is 4.56. The zero-order chi connectivity index (χ0) is 11.4. The second-order valence-electron chi connectivity index (χ2n) is 3.21. The van der Waals surface area contributed by atoms with E-state index in [1.54, 1.807) is 19.2 Å². The molecule has 0 saturated heterocycles. The predicted octanol–water partition coefficient (Wildman–Crippen LogP) is 0.405. The van der Waals surface area contributed by atoms with Crippen molar-refractivity contribution in [1.82, 2.24) is 20.1 Å². The molecule has 2 aromatic heterocycles. The molecule has 3 N–H and O–H groups in total. The van der Waals surface area contributed by atoms with Crippen molar-refractivity contribution in [1.29, 1.82) is 0 Å². The minimum absolute atomic E-state index is 0.438. The molecule has 7 heteroatoms. The Morgan fingerprint density at radius 2 is 2.31 bits per heavy atom. The van der Waals surface area contributed by atoms with Crippen LogP contribution in [-0.2, 0) is 6.42 Å². The SMILES string of the molecule is Cc1nc(CCNc2nccc(N)n2)no1. The highest BCUT2D eigenvalue weighted by Gasteiger charge is 2.02. The molecule has 7 nitrogen and oxygen atoms in total. The van der Waals surface area contributed by atoms with Crippen molar-refractivity contribution >= 4 is 11.8 Å². The van der Waals surface area contributed by atoms with Crippen LogP contribution < -0.4 is 11.1 Å². The lowest BCUT2D eigenvalue weighted by atomic mass is 10.4. The van der Waals surface area contributed by atoms with Crippen molar-refractivity contribution in [3.63, 3.8) is 0 Å². The number of rotatable bonds is 4. The van der Waals surface area contributed by atoms with Gasteiger partial charge in [0.2, 0.25) is 11.8 Å². The van der Waals surface area contributed by atoms with Gasteiger partial charge in [-0.2, -0.15) is 9.97 Å². The van der Waals surface area contributed by atoms with E-state index in [4.69, 9.17) is 10.3 Å². The van der Waals surface area contributed by atoms with Crippen molar-refractivity contribution in [3.8, 4) is 0 Å². The molecule has 0 atom stereocenters. The zero-order valence-corrected chi connectivity index (χ0v) is 8.84. The number of anilines is 2. The fourth-order valence-corrected chi connectivity index (χ4v) is 1.19. The van der Waals surface area contributed by atoms with Gasteiger partial charge >= 0.3 is 0 Å². The summed E-state index contributed by atoms with van der Waals surface area (Å²) in [5.41, 5.74) is 5.51. The number of aryl methyl sites for hydroxylation is 1. The van der Waals surface area contributed by atoms with E-state index >= 15 is 0 Å². The Morgan fingerprint density at radius 1 is 1.44 bits per heavy atom. The summed E-state index contributed by atoms with van der Waals surface area (Å²) in [6.07, 6.45) is 2.25. The van der Waals surface area contributed by atoms with Gasteiger partial charge in [-0.25, -0.2) is 4.98 Å². The first-order valence-corrected chi connectivity index (χ1v) is 4.85. The number of nitrogen functional groups attached to an aromatic ring is 1. The first kappa shape index (κ1) is 10.3. The molecule has 0 aromatic carbocycles. The van der Waals surface area contributed by atoms with Crippen LogP contribution in [0.2, 0.25) is 0 Å². The van der Waals surface area contributed by atoms with Gasteiger partial charge in [-0.05, 0) is 6.07 Å². The van der Waals surface area contributed by atoms with Crippen LogP contribution in [0.15, 0.2) is 16.8 Å². The molecule has 0 fully saturated rings. The minimum Gasteiger partial charge on any atom is -0.384 e. The van der Waals surface area contributed by atoms with Crippen LogP contribution >= 0.6 is 0 Å². The van der Waals surface area contributed by atoms with Crippen molar-refractivity contribution in [3.05, 3.63) is 24.0 Å². The van der Waals surface area contributed by atoms with Gasteiger partial charge in [0.1, 0.15) is 5.82 Å². The van der Waals surface area contributed by atoms with E-state index in [2.05, 4.69) is 25.4 Å². The lowest BCUT2D eigenvalue weighted by Crippen LogP contribution is -2.09. The van der Waals surface area contributed by atoms with Crippen LogP contribution in [0.3, 0.4) is 0 Å². The first-order chi connectivity index (χ1) is 7.74. The van der Waals surface area contributed by atoms with Crippen LogP contribution in [0.4, 0.5) is 11.8 Å². The molecule has 0 unspecified atom stereocenters. The summed E-state index contributed by atoms with van der Waals surface area (Å²) >= 11 is 0. The summed E-state index contributed by atoms with van der Waals surface area (Å²) in [7, 11) is 0. The molecular weight excluding hydrogens is 208 g/mol. The minimum atomic E-state index is 0.438. The molecule has 0 radical (unpaired) electrons. The monoisotopic (exact) mass is 220 g/mol. The van der Waals surface area contributed by atoms with E-state index in [9.17, 15) is 0 Å². The van der Waals surface area contributed by atoms with E-state index in [1.807, 2.05) is 0 Å². The van der Waals surface area contributed by atoms with Crippen LogP contribution in [-0.4, -0.2) is 26.7 Å². The Balaban J connectivity index is 1.84. The second-order valence-corrected chi connectivity index (χ2v) is 3.21. The summed E-state index contributed by atoms with van der Waals surface area (Å²) in [6.45, 7) is 2.38. The molecule has 16 heavy (non-hydrogen) atoms. The Labute approximate surface area is 92.1 Å². The molecule has 0 saturated carbocycles. The summed E-state index contributed by atoms with van der Waals surface area (Å²) in [6, 6.07) is 1.63. The van der Waals surface area contributed by atoms with E-state index < -0.39 is 0 Å². The number of hydrogen-bond acceptors (Lipinski definition) is 7. The van der Waals surface area contributed by atoms with Crippen molar-refractivity contribution in [2.45, 2.75) is 13.3 Å². The molecule has 0 amide bonds. The van der Waals surface area contributed by atoms with Crippen LogP contribution in [0, 0.1) is 6.92 Å². The third kappa shape index (κ3) is 2.66. The maximum atomic E-state index is 5.51. The van der Waals surface area contributed by atoms with Gasteiger partial charge in [-0.1, -0.05) is 5.16 Å². The fraction of sp³-hybridized carbons (Fsp3) is 0.333. The lowest BCUT2D eigenvalue weighted by molar-refractivity contribution is 0.387. The molecular formula is C9H12N6O. The Morgan fingerprint density at radius 3 is 3.00 bits per heavy atom. The van der Waals surface area contributed by atoms with E-state index in [-0.39, 0.29) is 0 Å². The molecule has 0 aliphatic carbocycles. The Kier molecular flexibility index (Phi) is 2.95. The topological polar surface area (TPSA) is 103 Å². The van der Waals surface area contributed by atoms with Crippen LogP contribution in [0.5, 0.6) is 0 Å². The maximum Gasteiger partial charge on any atom is 0.224 e. The average Bonchev–Trinajstić information content (AvgIpc) is 2.64. The number of nitrogens with two attached hydrogens (primary N) is 1. The van der Waals surface area contributed by atoms with Gasteiger partial charge in [0.15, 0.2) is 5.82 Å². The van der Waals surface area contributed by atoms with Gasteiger partial charge in [0, 0.05) is 26.1 Å². The van der Waals surface area contributed by atoms with Crippen molar-refractivity contribution < 1.29 is 4.52 Å². The average molecular weight is 220 g/mol. The highest BCUT2D eigenvalue weighted by molar-refractivity contribution is 5.34. The summed E-state index contributed by atoms with van der Waals surface area (Å²) < 4.78 is 4.85. The van der Waals surface area contributed by atoms with Crippen LogP contribution in [0.25, 0.3) is 0 Å². The van der Waals surface area contributed by atoms with Crippen LogP contribution in [0.1, 0.15) is 11.7 Å². The van der Waals surface area contributed by atoms with E-state index in [1.165, 1.54) is 0 Å².